The van der Waals surface area contributed by atoms with Gasteiger partial charge in [-0.3, -0.25) is 14.9 Å². The number of Topliss-reactive ketones (excluding diaryl/α,β-unsaturated/α-hetero) is 1. The lowest BCUT2D eigenvalue weighted by Gasteiger charge is -2.06. The van der Waals surface area contributed by atoms with E-state index in [0.29, 0.717) is 33.4 Å². The van der Waals surface area contributed by atoms with E-state index in [9.17, 15) is 9.59 Å². The van der Waals surface area contributed by atoms with Crippen LogP contribution >= 0.6 is 11.3 Å². The molecule has 0 atom stereocenters. The number of carbonyl (C=O) groups is 2. The number of rotatable bonds is 6. The van der Waals surface area contributed by atoms with Crippen LogP contribution < -0.4 is 10.1 Å². The Morgan fingerprint density at radius 1 is 1.04 bits per heavy atom. The largest absolute Gasteiger partial charge is 0.457 e. The topological polar surface area (TPSA) is 68.3 Å². The van der Waals surface area contributed by atoms with Crippen LogP contribution in [0.4, 0.5) is 5.13 Å². The summed E-state index contributed by atoms with van der Waals surface area (Å²) >= 11 is 1.20. The second-order valence-corrected chi connectivity index (χ2v) is 6.60. The molecule has 26 heavy (non-hydrogen) atoms. The van der Waals surface area contributed by atoms with Crippen molar-refractivity contribution in [2.45, 2.75) is 20.3 Å². The van der Waals surface area contributed by atoms with E-state index in [2.05, 4.69) is 10.3 Å². The number of para-hydroxylation sites is 1. The van der Waals surface area contributed by atoms with E-state index in [1.807, 2.05) is 30.3 Å². The Kier molecular flexibility index (Phi) is 5.43. The summed E-state index contributed by atoms with van der Waals surface area (Å²) in [5.74, 6) is 1.13. The Labute approximate surface area is 155 Å². The number of amides is 1. The lowest BCUT2D eigenvalue weighted by atomic mass is 10.2. The van der Waals surface area contributed by atoms with Gasteiger partial charge in [-0.25, -0.2) is 4.98 Å². The van der Waals surface area contributed by atoms with Crippen molar-refractivity contribution in [2.24, 2.45) is 0 Å². The van der Waals surface area contributed by atoms with Crippen molar-refractivity contribution >= 4 is 28.2 Å². The van der Waals surface area contributed by atoms with E-state index in [1.54, 1.807) is 38.1 Å². The molecule has 132 valence electrons. The van der Waals surface area contributed by atoms with Gasteiger partial charge in [0.1, 0.15) is 11.5 Å². The summed E-state index contributed by atoms with van der Waals surface area (Å²) in [5, 5.41) is 3.17. The second kappa shape index (κ2) is 7.93. The van der Waals surface area contributed by atoms with Crippen LogP contribution in [0.2, 0.25) is 0 Å². The molecular formula is C20H18N2O3S. The molecule has 0 aliphatic carbocycles. The van der Waals surface area contributed by atoms with E-state index < -0.39 is 0 Å². The first-order chi connectivity index (χ1) is 12.6. The van der Waals surface area contributed by atoms with Crippen LogP contribution in [0.15, 0.2) is 54.6 Å². The van der Waals surface area contributed by atoms with Crippen molar-refractivity contribution in [3.8, 4) is 11.5 Å². The number of hydrogen-bond acceptors (Lipinski definition) is 5. The molecule has 0 radical (unpaired) electrons. The van der Waals surface area contributed by atoms with Gasteiger partial charge in [-0.15, -0.1) is 0 Å². The summed E-state index contributed by atoms with van der Waals surface area (Å²) in [6, 6.07) is 16.3. The number of carbonyl (C=O) groups excluding carboxylic acids is 2. The van der Waals surface area contributed by atoms with Crippen molar-refractivity contribution in [1.29, 1.82) is 0 Å². The van der Waals surface area contributed by atoms with Crippen LogP contribution in [0.5, 0.6) is 11.5 Å². The number of ether oxygens (including phenoxy) is 1. The van der Waals surface area contributed by atoms with E-state index in [4.69, 9.17) is 4.74 Å². The van der Waals surface area contributed by atoms with Gasteiger partial charge < -0.3 is 4.74 Å². The van der Waals surface area contributed by atoms with Crippen molar-refractivity contribution in [3.05, 3.63) is 70.7 Å². The molecule has 5 nitrogen and oxygen atoms in total. The Balaban J connectivity index is 1.68. The van der Waals surface area contributed by atoms with E-state index in [1.165, 1.54) is 11.3 Å². The predicted octanol–water partition coefficient (Wildman–Crippen LogP) is 5.09. The average molecular weight is 366 g/mol. The number of benzene rings is 2. The minimum Gasteiger partial charge on any atom is -0.457 e. The van der Waals surface area contributed by atoms with Crippen molar-refractivity contribution in [3.63, 3.8) is 0 Å². The summed E-state index contributed by atoms with van der Waals surface area (Å²) in [5.41, 5.74) is 1.13. The first-order valence-corrected chi connectivity index (χ1v) is 9.03. The Bertz CT molecular complexity index is 918. The number of nitrogens with one attached hydrogen (secondary N) is 1. The summed E-state index contributed by atoms with van der Waals surface area (Å²) in [6.07, 6.45) is 0.416. The van der Waals surface area contributed by atoms with Crippen molar-refractivity contribution in [2.75, 3.05) is 5.32 Å². The molecule has 0 bridgehead atoms. The summed E-state index contributed by atoms with van der Waals surface area (Å²) in [4.78, 5) is 29.1. The summed E-state index contributed by atoms with van der Waals surface area (Å²) < 4.78 is 5.71. The third kappa shape index (κ3) is 4.15. The molecule has 0 fully saturated rings. The Morgan fingerprint density at radius 2 is 1.69 bits per heavy atom. The third-order valence-corrected chi connectivity index (χ3v) is 4.80. The Hall–Kier alpha value is -2.99. The Morgan fingerprint density at radius 3 is 2.35 bits per heavy atom. The second-order valence-electron chi connectivity index (χ2n) is 5.60. The zero-order valence-electron chi connectivity index (χ0n) is 14.5. The number of anilines is 1. The molecule has 0 unspecified atom stereocenters. The molecule has 1 amide bonds. The monoisotopic (exact) mass is 366 g/mol. The first kappa shape index (κ1) is 17.8. The first-order valence-electron chi connectivity index (χ1n) is 8.21. The lowest BCUT2D eigenvalue weighted by Crippen LogP contribution is -2.11. The minimum atomic E-state index is -0.277. The van der Waals surface area contributed by atoms with Gasteiger partial charge in [0, 0.05) is 12.0 Å². The number of aromatic nitrogens is 1. The number of hydrogen-bond donors (Lipinski definition) is 1. The van der Waals surface area contributed by atoms with Crippen LogP contribution in [0.25, 0.3) is 0 Å². The number of thiazole rings is 1. The molecule has 0 spiro atoms. The van der Waals surface area contributed by atoms with Crippen LogP contribution in [0.1, 0.15) is 39.1 Å². The molecule has 3 aromatic rings. The fourth-order valence-electron chi connectivity index (χ4n) is 2.34. The van der Waals surface area contributed by atoms with Gasteiger partial charge in [0.2, 0.25) is 0 Å². The average Bonchev–Trinajstić information content (AvgIpc) is 3.02. The quantitative estimate of drug-likeness (QED) is 0.617. The molecule has 1 aromatic heterocycles. The van der Waals surface area contributed by atoms with Gasteiger partial charge in [-0.05, 0) is 43.3 Å². The molecule has 0 aliphatic heterocycles. The van der Waals surface area contributed by atoms with Crippen LogP contribution in [0.3, 0.4) is 0 Å². The molecular weight excluding hydrogens is 348 g/mol. The van der Waals surface area contributed by atoms with Gasteiger partial charge in [0.05, 0.1) is 10.6 Å². The number of nitrogens with zero attached hydrogens (tertiary/aromatic N) is 1. The van der Waals surface area contributed by atoms with Crippen molar-refractivity contribution in [1.82, 2.24) is 4.98 Å². The van der Waals surface area contributed by atoms with Gasteiger partial charge in [-0.2, -0.15) is 0 Å². The molecule has 0 saturated heterocycles. The van der Waals surface area contributed by atoms with E-state index >= 15 is 0 Å². The molecule has 0 saturated carbocycles. The lowest BCUT2D eigenvalue weighted by molar-refractivity contribution is 0.0989. The number of ketones is 1. The fourth-order valence-corrected chi connectivity index (χ4v) is 3.31. The van der Waals surface area contributed by atoms with Gasteiger partial charge in [0.15, 0.2) is 10.9 Å². The molecule has 3 rings (SSSR count). The van der Waals surface area contributed by atoms with Crippen LogP contribution in [-0.4, -0.2) is 16.7 Å². The van der Waals surface area contributed by atoms with E-state index in [-0.39, 0.29) is 11.7 Å². The standard InChI is InChI=1S/C20H18N2O3S/c1-3-17(23)18-13(2)21-20(26-18)22-19(24)14-9-11-16(12-10-14)25-15-7-5-4-6-8-15/h4-12H,3H2,1-2H3,(H,21,22,24). The third-order valence-electron chi connectivity index (χ3n) is 3.69. The SMILES string of the molecule is CCC(=O)c1sc(NC(=O)c2ccc(Oc3ccccc3)cc2)nc1C. The highest BCUT2D eigenvalue weighted by Crippen LogP contribution is 2.25. The smallest absolute Gasteiger partial charge is 0.257 e. The normalized spacial score (nSPS) is 10.4. The minimum absolute atomic E-state index is 0.0305. The van der Waals surface area contributed by atoms with Crippen LogP contribution in [-0.2, 0) is 0 Å². The fraction of sp³-hybridized carbons (Fsp3) is 0.150. The van der Waals surface area contributed by atoms with Crippen LogP contribution in [0, 0.1) is 6.92 Å². The van der Waals surface area contributed by atoms with Crippen molar-refractivity contribution < 1.29 is 14.3 Å². The number of aryl methyl sites for hydroxylation is 1. The predicted molar refractivity (Wildman–Crippen MR) is 102 cm³/mol. The maximum absolute atomic E-state index is 12.4. The molecule has 1 N–H and O–H groups in total. The van der Waals surface area contributed by atoms with Gasteiger partial charge in [-0.1, -0.05) is 36.5 Å². The van der Waals surface area contributed by atoms with Gasteiger partial charge >= 0.3 is 0 Å². The zero-order valence-corrected chi connectivity index (χ0v) is 15.3. The highest BCUT2D eigenvalue weighted by molar-refractivity contribution is 7.17. The summed E-state index contributed by atoms with van der Waals surface area (Å²) in [6.45, 7) is 3.57. The summed E-state index contributed by atoms with van der Waals surface area (Å²) in [7, 11) is 0. The molecule has 6 heteroatoms. The molecule has 1 heterocycles. The highest BCUT2D eigenvalue weighted by atomic mass is 32.1. The zero-order chi connectivity index (χ0) is 18.5. The molecule has 2 aromatic carbocycles. The molecule has 0 aliphatic rings. The maximum Gasteiger partial charge on any atom is 0.257 e. The maximum atomic E-state index is 12.4. The van der Waals surface area contributed by atoms with Gasteiger partial charge in [0.25, 0.3) is 5.91 Å². The highest BCUT2D eigenvalue weighted by Gasteiger charge is 2.15. The van der Waals surface area contributed by atoms with E-state index in [0.717, 1.165) is 5.75 Å².